The highest BCUT2D eigenvalue weighted by atomic mass is 15.0. The summed E-state index contributed by atoms with van der Waals surface area (Å²) in [6, 6.07) is 72.9. The third-order valence-electron chi connectivity index (χ3n) is 28.8. The van der Waals surface area contributed by atoms with Crippen LogP contribution in [-0.2, 0) is 10.8 Å². The van der Waals surface area contributed by atoms with Gasteiger partial charge in [0.15, 0.2) is 0 Å². The number of aromatic nitrogens is 25. The summed E-state index contributed by atoms with van der Waals surface area (Å²) >= 11 is 0. The summed E-state index contributed by atoms with van der Waals surface area (Å²) in [6.07, 6.45) is 18.1. The zero-order chi connectivity index (χ0) is 101. The smallest absolute Gasteiger partial charge is 0.141 e. The number of benzene rings is 10. The van der Waals surface area contributed by atoms with Gasteiger partial charge in [-0.2, -0.15) is 0 Å². The number of hydrogen-bond acceptors (Lipinski definition) is 15. The van der Waals surface area contributed by atoms with Gasteiger partial charge in [-0.3, -0.25) is 49.8 Å². The van der Waals surface area contributed by atoms with E-state index in [1.165, 1.54) is 71.8 Å². The van der Waals surface area contributed by atoms with E-state index < -0.39 is 0 Å². The van der Waals surface area contributed by atoms with Gasteiger partial charge in [-0.25, -0.2) is 24.9 Å². The maximum Gasteiger partial charge on any atom is 0.141 e. The van der Waals surface area contributed by atoms with Crippen molar-refractivity contribution in [3.63, 3.8) is 0 Å². The first-order valence-corrected chi connectivity index (χ1v) is 50.0. The summed E-state index contributed by atoms with van der Waals surface area (Å²) in [6.45, 7) is 32.6. The lowest BCUT2D eigenvalue weighted by Crippen LogP contribution is -2.13. The number of aryl methyl sites for hydroxylation is 7. The second kappa shape index (κ2) is 35.1. The topological polar surface area (TPSA) is 351 Å². The van der Waals surface area contributed by atoms with Gasteiger partial charge in [0.2, 0.25) is 0 Å². The Labute approximate surface area is 853 Å². The van der Waals surface area contributed by atoms with E-state index >= 15 is 0 Å². The third-order valence-corrected chi connectivity index (χ3v) is 28.8. The summed E-state index contributed by atoms with van der Waals surface area (Å²) in [4.78, 5) is 108. The minimum atomic E-state index is -0.0610. The number of rotatable bonds is 6. The molecule has 25 nitrogen and oxygen atoms in total. The van der Waals surface area contributed by atoms with Gasteiger partial charge in [0, 0.05) is 237 Å². The Balaban J connectivity index is 0.0000000965. The molecule has 0 saturated carbocycles. The van der Waals surface area contributed by atoms with Crippen molar-refractivity contribution in [2.75, 3.05) is 0 Å². The van der Waals surface area contributed by atoms with E-state index in [0.717, 1.165) is 260 Å². The predicted molar refractivity (Wildman–Crippen MR) is 611 cm³/mol. The highest BCUT2D eigenvalue weighted by Gasteiger charge is 2.32. The maximum atomic E-state index is 5.14. The van der Waals surface area contributed by atoms with Crippen LogP contribution in [0.15, 0.2) is 274 Å². The quantitative estimate of drug-likeness (QED) is 0.0692. The molecule has 0 saturated heterocycles. The molecule has 0 aliphatic heterocycles. The average Bonchev–Trinajstić information content (AvgIpc) is 1.59. The van der Waals surface area contributed by atoms with Crippen molar-refractivity contribution in [2.45, 2.75) is 128 Å². The van der Waals surface area contributed by atoms with Gasteiger partial charge >= 0.3 is 0 Å². The molecule has 0 aliphatic rings. The van der Waals surface area contributed by atoms with Crippen LogP contribution in [-0.4, -0.2) is 125 Å². The standard InChI is InChI=1S/2C26H23N5.C25H21N5.2C23H17N5.CH4/c2*1-14-9-10-18-17(13-14)19(24(29-18)26(2,3)4)25-30-22-15-7-5-11-27-20(15)21-16(23(22)31-25)8-6-12-28-21;1-13(2)20-19(17-12-14(3)8-9-18(17)28-20)25-29-23-15-6-4-10-26-21(15)22-16(24(23)30-25)7-5-11-27-22;2*1-12-7-8-17-16(11-12)18(13(2)26-17)23-27-21-14-5-3-9-24-19(14)20-15(22(21)28-23)6-4-10-25-20;/h2*5-13,29H,1-4H3,(H,30,31);4-13,28H,1-3H3,(H,29,30);2*3-11,26H,1-2H3,(H,27,28);1H4. The Bertz CT molecular complexity index is 9880. The minimum Gasteiger partial charge on any atom is -0.358 e. The van der Waals surface area contributed by atoms with Crippen molar-refractivity contribution in [2.24, 2.45) is 0 Å². The van der Waals surface area contributed by atoms with E-state index in [4.69, 9.17) is 24.9 Å². The minimum absolute atomic E-state index is 0. The second-order valence-electron chi connectivity index (χ2n) is 41.4. The first kappa shape index (κ1) is 91.5. The highest BCUT2D eigenvalue weighted by molar-refractivity contribution is 6.27. The number of fused-ring (bicyclic) bond motifs is 35. The van der Waals surface area contributed by atoms with Gasteiger partial charge in [-0.1, -0.05) is 121 Å². The molecule has 0 atom stereocenters. The summed E-state index contributed by atoms with van der Waals surface area (Å²) in [5, 5.41) is 16.2. The molecule has 30 aromatic rings. The number of nitrogens with one attached hydrogen (secondary N) is 10. The first-order valence-electron chi connectivity index (χ1n) is 50.0. The lowest BCUT2D eigenvalue weighted by molar-refractivity contribution is 0.575. The van der Waals surface area contributed by atoms with Crippen LogP contribution in [0, 0.1) is 48.5 Å². The van der Waals surface area contributed by atoms with E-state index in [0.29, 0.717) is 5.92 Å². The molecule has 25 heteroatoms. The van der Waals surface area contributed by atoms with Gasteiger partial charge in [0.05, 0.1) is 110 Å². The van der Waals surface area contributed by atoms with Crippen LogP contribution in [0.1, 0.15) is 125 Å². The fourth-order valence-electron chi connectivity index (χ4n) is 22.0. The molecule has 0 aliphatic carbocycles. The average molecular weight is 1950 g/mol. The van der Waals surface area contributed by atoms with Crippen LogP contribution in [0.3, 0.4) is 0 Å². The van der Waals surface area contributed by atoms with E-state index in [1.807, 2.05) is 123 Å². The molecule has 20 heterocycles. The second-order valence-corrected chi connectivity index (χ2v) is 41.4. The monoisotopic (exact) mass is 1940 g/mol. The number of H-pyrrole nitrogens is 10. The summed E-state index contributed by atoms with van der Waals surface area (Å²) in [5.41, 5.74) is 41.6. The lowest BCUT2D eigenvalue weighted by atomic mass is 9.88. The van der Waals surface area contributed by atoms with Crippen LogP contribution in [0.25, 0.3) is 276 Å². The number of pyridine rings is 10. The van der Waals surface area contributed by atoms with Gasteiger partial charge in [0.1, 0.15) is 29.1 Å². The van der Waals surface area contributed by atoms with E-state index in [9.17, 15) is 0 Å². The largest absolute Gasteiger partial charge is 0.358 e. The van der Waals surface area contributed by atoms with E-state index in [-0.39, 0.29) is 18.3 Å². The van der Waals surface area contributed by atoms with E-state index in [2.05, 4.69) is 355 Å². The van der Waals surface area contributed by atoms with Crippen molar-refractivity contribution in [1.82, 2.24) is 125 Å². The molecular weight excluding hydrogens is 1840 g/mol. The van der Waals surface area contributed by atoms with Crippen molar-refractivity contribution in [1.29, 1.82) is 0 Å². The van der Waals surface area contributed by atoms with Crippen molar-refractivity contribution < 1.29 is 0 Å². The molecule has 0 spiro atoms. The normalized spacial score (nSPS) is 12.1. The fourth-order valence-corrected chi connectivity index (χ4v) is 22.0. The van der Waals surface area contributed by atoms with Gasteiger partial charge in [-0.15, -0.1) is 0 Å². The van der Waals surface area contributed by atoms with E-state index in [1.54, 1.807) is 0 Å². The van der Waals surface area contributed by atoms with Crippen molar-refractivity contribution in [3.05, 3.63) is 331 Å². The lowest BCUT2D eigenvalue weighted by Gasteiger charge is -2.18. The molecule has 30 rings (SSSR count). The Hall–Kier alpha value is -18.7. The summed E-state index contributed by atoms with van der Waals surface area (Å²) < 4.78 is 0. The molecule has 20 aromatic heterocycles. The number of imidazole rings is 5. The van der Waals surface area contributed by atoms with Crippen LogP contribution in [0.5, 0.6) is 0 Å². The van der Waals surface area contributed by atoms with Gasteiger partial charge in [0.25, 0.3) is 0 Å². The predicted octanol–water partition coefficient (Wildman–Crippen LogP) is 30.6. The Morgan fingerprint density at radius 3 is 0.631 bits per heavy atom. The van der Waals surface area contributed by atoms with Crippen LogP contribution in [0.2, 0.25) is 0 Å². The molecular formula is C124H105N25. The van der Waals surface area contributed by atoms with Gasteiger partial charge in [-0.05, 0) is 236 Å². The Morgan fingerprint density at radius 1 is 0.201 bits per heavy atom. The van der Waals surface area contributed by atoms with Crippen LogP contribution < -0.4 is 0 Å². The zero-order valence-corrected chi connectivity index (χ0v) is 84.3. The maximum absolute atomic E-state index is 5.14. The molecule has 10 N–H and O–H groups in total. The SMILES string of the molecule is C.Cc1ccc2[nH]c(C(C)(C)C)c(-c3nc4c5cccnc5c5ncccc5c4[nH]3)c2c1.Cc1ccc2[nH]c(C(C)(C)C)c(-c3nc4c5cccnc5c5ncccc5c4[nH]3)c2c1.Cc1ccc2[nH]c(C(C)C)c(-c3nc4c5cccnc5c5ncccc5c4[nH]3)c2c1.Cc1ccc2[nH]c(C)c(-c3nc4c5cccnc5c5ncccc5c4[nH]3)c2c1.Cc1ccc2[nH]c(C)c(-c3nc4c5cccnc5c5ncccc5c4[nH]3)c2c1. The third kappa shape index (κ3) is 15.1. The van der Waals surface area contributed by atoms with Crippen LogP contribution in [0.4, 0.5) is 0 Å². The Morgan fingerprint density at radius 2 is 0.396 bits per heavy atom. The molecule has 0 fully saturated rings. The highest BCUT2D eigenvalue weighted by Crippen LogP contribution is 2.48. The molecule has 0 unspecified atom stereocenters. The van der Waals surface area contributed by atoms with Gasteiger partial charge < -0.3 is 49.8 Å². The fraction of sp³-hybridized carbons (Fsp3) is 0.153. The number of aromatic amines is 10. The molecule has 0 radical (unpaired) electrons. The van der Waals surface area contributed by atoms with Crippen LogP contribution >= 0.6 is 0 Å². The molecule has 149 heavy (non-hydrogen) atoms. The van der Waals surface area contributed by atoms with Crippen molar-refractivity contribution in [3.8, 4) is 56.9 Å². The Kier molecular flexibility index (Phi) is 21.6. The zero-order valence-electron chi connectivity index (χ0n) is 84.3. The van der Waals surface area contributed by atoms with Crippen molar-refractivity contribution >= 4 is 219 Å². The summed E-state index contributed by atoms with van der Waals surface area (Å²) in [5.74, 6) is 4.71. The molecule has 0 amide bonds. The first-order chi connectivity index (χ1) is 71.9. The molecule has 10 aromatic carbocycles. The molecule has 0 bridgehead atoms. The molecule has 726 valence electrons. The summed E-state index contributed by atoms with van der Waals surface area (Å²) in [7, 11) is 0. The number of hydrogen-bond donors (Lipinski definition) is 10. The number of nitrogens with zero attached hydrogens (tertiary/aromatic N) is 15.